The van der Waals surface area contributed by atoms with Gasteiger partial charge in [0.15, 0.2) is 5.82 Å². The number of hydrogen-bond acceptors (Lipinski definition) is 8. The molecule has 2 saturated heterocycles. The van der Waals surface area contributed by atoms with Crippen molar-refractivity contribution in [3.8, 4) is 11.3 Å². The van der Waals surface area contributed by atoms with Crippen LogP contribution < -0.4 is 15.5 Å². The lowest BCUT2D eigenvalue weighted by atomic mass is 9.80. The molecule has 2 aromatic heterocycles. The molecule has 1 atom stereocenters. The summed E-state index contributed by atoms with van der Waals surface area (Å²) in [6.45, 7) is 5.39. The number of nitrogens with zero attached hydrogens (tertiary/aromatic N) is 5. The van der Waals surface area contributed by atoms with Gasteiger partial charge < -0.3 is 25.2 Å². The Morgan fingerprint density at radius 2 is 1.87 bits per heavy atom. The van der Waals surface area contributed by atoms with E-state index in [1.54, 1.807) is 17.3 Å². The molecule has 38 heavy (non-hydrogen) atoms. The van der Waals surface area contributed by atoms with Crippen molar-refractivity contribution in [1.29, 1.82) is 0 Å². The second-order valence-electron chi connectivity index (χ2n) is 10.2. The van der Waals surface area contributed by atoms with E-state index in [1.807, 2.05) is 18.2 Å². The minimum atomic E-state index is -2.67. The lowest BCUT2D eigenvalue weighted by Crippen LogP contribution is -2.53. The van der Waals surface area contributed by atoms with Crippen LogP contribution >= 0.6 is 0 Å². The van der Waals surface area contributed by atoms with Gasteiger partial charge in [0.25, 0.3) is 0 Å². The molecular formula is C27H31F2N7O2. The van der Waals surface area contributed by atoms with Gasteiger partial charge in [0.05, 0.1) is 23.9 Å². The molecule has 0 bridgehead atoms. The van der Waals surface area contributed by atoms with E-state index in [2.05, 4.69) is 37.6 Å². The number of nitrogens with one attached hydrogen (secondary N) is 2. The standard InChI is InChI=1S/C27H31F2N7O2/c28-27(29)14-19(15-27)26(37)36-10-8-35(9-11-36)20-3-1-18(2-4-20)22-13-23-24(32-6-5-31-23)25(34-22)33-17-21-16-30-7-12-38-21/h1-6,13,19,21,30H,7-12,14-17H2,(H,33,34). The number of aromatic nitrogens is 3. The summed E-state index contributed by atoms with van der Waals surface area (Å²) in [5.74, 6) is -2.66. The molecule has 2 aliphatic heterocycles. The zero-order valence-electron chi connectivity index (χ0n) is 21.1. The van der Waals surface area contributed by atoms with Crippen molar-refractivity contribution in [3.05, 3.63) is 42.7 Å². The van der Waals surface area contributed by atoms with Gasteiger partial charge in [-0.25, -0.2) is 18.7 Å². The number of pyridine rings is 1. The van der Waals surface area contributed by atoms with Crippen LogP contribution in [0.1, 0.15) is 12.8 Å². The highest BCUT2D eigenvalue weighted by Gasteiger charge is 2.49. The predicted molar refractivity (Wildman–Crippen MR) is 140 cm³/mol. The molecule has 9 nitrogen and oxygen atoms in total. The predicted octanol–water partition coefficient (Wildman–Crippen LogP) is 2.79. The number of halogens is 2. The summed E-state index contributed by atoms with van der Waals surface area (Å²) in [6, 6.07) is 10.1. The number of carbonyl (C=O) groups is 1. The van der Waals surface area contributed by atoms with Crippen LogP contribution in [0.2, 0.25) is 0 Å². The number of rotatable bonds is 6. The molecule has 200 valence electrons. The van der Waals surface area contributed by atoms with Crippen LogP contribution in [-0.4, -0.2) is 90.2 Å². The molecule has 1 amide bonds. The molecule has 1 saturated carbocycles. The summed E-state index contributed by atoms with van der Waals surface area (Å²) < 4.78 is 32.1. The van der Waals surface area contributed by atoms with Gasteiger partial charge in [-0.05, 0) is 18.2 Å². The summed E-state index contributed by atoms with van der Waals surface area (Å²) in [4.78, 5) is 30.3. The van der Waals surface area contributed by atoms with Crippen LogP contribution in [0.25, 0.3) is 22.3 Å². The van der Waals surface area contributed by atoms with E-state index in [1.165, 1.54) is 0 Å². The maximum Gasteiger partial charge on any atom is 0.249 e. The second kappa shape index (κ2) is 10.4. The normalized spacial score (nSPS) is 21.8. The van der Waals surface area contributed by atoms with Crippen LogP contribution in [0, 0.1) is 5.92 Å². The van der Waals surface area contributed by atoms with E-state index in [0.717, 1.165) is 41.1 Å². The number of morpholine rings is 1. The third kappa shape index (κ3) is 5.25. The fourth-order valence-corrected chi connectivity index (χ4v) is 5.33. The number of anilines is 2. The Bertz CT molecular complexity index is 1280. The first kappa shape index (κ1) is 24.9. The van der Waals surface area contributed by atoms with Gasteiger partial charge in [0, 0.05) is 88.2 Å². The van der Waals surface area contributed by atoms with E-state index in [4.69, 9.17) is 9.72 Å². The average molecular weight is 524 g/mol. The molecule has 2 N–H and O–H groups in total. The molecule has 3 fully saturated rings. The minimum Gasteiger partial charge on any atom is -0.374 e. The van der Waals surface area contributed by atoms with E-state index < -0.39 is 11.8 Å². The maximum absolute atomic E-state index is 13.2. The first-order valence-corrected chi connectivity index (χ1v) is 13.2. The van der Waals surface area contributed by atoms with Crippen LogP contribution in [0.4, 0.5) is 20.3 Å². The van der Waals surface area contributed by atoms with Crippen molar-refractivity contribution in [2.75, 3.05) is 62.6 Å². The molecule has 4 heterocycles. The van der Waals surface area contributed by atoms with E-state index in [-0.39, 0.29) is 24.9 Å². The zero-order valence-corrected chi connectivity index (χ0v) is 21.1. The highest BCUT2D eigenvalue weighted by atomic mass is 19.3. The molecule has 3 aliphatic rings. The summed E-state index contributed by atoms with van der Waals surface area (Å²) in [5.41, 5.74) is 4.28. The fourth-order valence-electron chi connectivity index (χ4n) is 5.33. The Kier molecular flexibility index (Phi) is 6.79. The zero-order chi connectivity index (χ0) is 26.1. The van der Waals surface area contributed by atoms with Gasteiger partial charge in [-0.3, -0.25) is 9.78 Å². The Hall–Kier alpha value is -3.44. The smallest absolute Gasteiger partial charge is 0.249 e. The summed E-state index contributed by atoms with van der Waals surface area (Å²) in [7, 11) is 0. The average Bonchev–Trinajstić information content (AvgIpc) is 2.95. The molecule has 1 aliphatic carbocycles. The van der Waals surface area contributed by atoms with E-state index >= 15 is 0 Å². The number of hydrogen-bond donors (Lipinski definition) is 2. The minimum absolute atomic E-state index is 0.0608. The summed E-state index contributed by atoms with van der Waals surface area (Å²) >= 11 is 0. The van der Waals surface area contributed by atoms with Gasteiger partial charge in [-0.1, -0.05) is 12.1 Å². The molecular weight excluding hydrogens is 492 g/mol. The summed E-state index contributed by atoms with van der Waals surface area (Å²) in [5, 5.41) is 6.74. The molecule has 0 radical (unpaired) electrons. The number of fused-ring (bicyclic) bond motifs is 1. The molecule has 1 aromatic carbocycles. The topological polar surface area (TPSA) is 95.5 Å². The molecule has 3 aromatic rings. The molecule has 6 rings (SSSR count). The lowest BCUT2D eigenvalue weighted by molar-refractivity contribution is -0.160. The van der Waals surface area contributed by atoms with Crippen LogP contribution in [0.5, 0.6) is 0 Å². The van der Waals surface area contributed by atoms with Crippen molar-refractivity contribution >= 4 is 28.4 Å². The van der Waals surface area contributed by atoms with Crippen molar-refractivity contribution < 1.29 is 18.3 Å². The van der Waals surface area contributed by atoms with Crippen molar-refractivity contribution in [2.45, 2.75) is 24.9 Å². The largest absolute Gasteiger partial charge is 0.374 e. The molecule has 1 unspecified atom stereocenters. The Labute approximate surface area is 219 Å². The SMILES string of the molecule is O=C(C1CC(F)(F)C1)N1CCN(c2ccc(-c3cc4nccnc4c(NCC4CNCCO4)n3)cc2)CC1. The number of amides is 1. The van der Waals surface area contributed by atoms with Gasteiger partial charge >= 0.3 is 0 Å². The third-order valence-corrected chi connectivity index (χ3v) is 7.52. The maximum atomic E-state index is 13.2. The number of alkyl halides is 2. The number of benzene rings is 1. The van der Waals surface area contributed by atoms with Gasteiger partial charge in [0.1, 0.15) is 5.52 Å². The van der Waals surface area contributed by atoms with E-state index in [0.29, 0.717) is 45.1 Å². The first-order chi connectivity index (χ1) is 18.4. The van der Waals surface area contributed by atoms with Gasteiger partial charge in [-0.15, -0.1) is 0 Å². The Morgan fingerprint density at radius 3 is 2.58 bits per heavy atom. The van der Waals surface area contributed by atoms with Gasteiger partial charge in [0.2, 0.25) is 11.8 Å². The van der Waals surface area contributed by atoms with Crippen LogP contribution in [0.15, 0.2) is 42.7 Å². The van der Waals surface area contributed by atoms with Gasteiger partial charge in [-0.2, -0.15) is 0 Å². The first-order valence-electron chi connectivity index (χ1n) is 13.2. The highest BCUT2D eigenvalue weighted by molar-refractivity contribution is 5.88. The third-order valence-electron chi connectivity index (χ3n) is 7.52. The number of carbonyl (C=O) groups excluding carboxylic acids is 1. The summed E-state index contributed by atoms with van der Waals surface area (Å²) in [6.07, 6.45) is 2.77. The molecule has 0 spiro atoms. The van der Waals surface area contributed by atoms with Crippen LogP contribution in [-0.2, 0) is 9.53 Å². The van der Waals surface area contributed by atoms with Crippen molar-refractivity contribution in [3.63, 3.8) is 0 Å². The fraction of sp³-hybridized carbons (Fsp3) is 0.481. The van der Waals surface area contributed by atoms with Crippen molar-refractivity contribution in [1.82, 2.24) is 25.2 Å². The molecule has 11 heteroatoms. The number of ether oxygens (including phenoxy) is 1. The Morgan fingerprint density at radius 1 is 1.11 bits per heavy atom. The van der Waals surface area contributed by atoms with Crippen LogP contribution in [0.3, 0.4) is 0 Å². The van der Waals surface area contributed by atoms with Crippen molar-refractivity contribution in [2.24, 2.45) is 5.92 Å². The second-order valence-corrected chi connectivity index (χ2v) is 10.2. The monoisotopic (exact) mass is 523 g/mol. The number of piperazine rings is 1. The Balaban J connectivity index is 1.12. The lowest BCUT2D eigenvalue weighted by Gasteiger charge is -2.41. The highest BCUT2D eigenvalue weighted by Crippen LogP contribution is 2.43. The van der Waals surface area contributed by atoms with E-state index in [9.17, 15) is 13.6 Å². The quantitative estimate of drug-likeness (QED) is 0.510.